The summed E-state index contributed by atoms with van der Waals surface area (Å²) in [6.07, 6.45) is 0. The molecule has 0 aliphatic rings. The Kier molecular flexibility index (Phi) is 3.14. The summed E-state index contributed by atoms with van der Waals surface area (Å²) < 4.78 is 1.51. The van der Waals surface area contributed by atoms with E-state index in [0.717, 1.165) is 22.4 Å². The number of nitrogens with two attached hydrogens (primary N) is 1. The molecule has 21 heavy (non-hydrogen) atoms. The Balaban J connectivity index is 2.22. The lowest BCUT2D eigenvalue weighted by atomic mass is 10.1. The molecule has 3 N–H and O–H groups in total. The standard InChI is InChI=1S/C17H17N3O/c1-11-8-9-12(2)14(10-11)20-17(21)15(18)16(19-20)13-6-4-3-5-7-13/h3-10,19H,18H2,1-2H3. The molecule has 0 bridgehead atoms. The molecule has 0 spiro atoms. The fourth-order valence-electron chi connectivity index (χ4n) is 2.41. The van der Waals surface area contributed by atoms with Gasteiger partial charge >= 0.3 is 0 Å². The molecule has 0 aliphatic heterocycles. The number of benzene rings is 2. The van der Waals surface area contributed by atoms with Gasteiger partial charge in [0.05, 0.1) is 11.4 Å². The van der Waals surface area contributed by atoms with Crippen molar-refractivity contribution in [3.63, 3.8) is 0 Å². The van der Waals surface area contributed by atoms with Gasteiger partial charge in [-0.3, -0.25) is 9.89 Å². The molecule has 0 saturated carbocycles. The smallest absolute Gasteiger partial charge is 0.295 e. The van der Waals surface area contributed by atoms with Crippen molar-refractivity contribution < 1.29 is 0 Å². The summed E-state index contributed by atoms with van der Waals surface area (Å²) >= 11 is 0. The van der Waals surface area contributed by atoms with Gasteiger partial charge < -0.3 is 5.73 Å². The number of hydrogen-bond acceptors (Lipinski definition) is 2. The SMILES string of the molecule is Cc1ccc(C)c(-n2[nH]c(-c3ccccc3)c(N)c2=O)c1. The number of aromatic amines is 1. The van der Waals surface area contributed by atoms with Crippen molar-refractivity contribution in [3.8, 4) is 16.9 Å². The zero-order valence-electron chi connectivity index (χ0n) is 12.1. The van der Waals surface area contributed by atoms with E-state index in [1.54, 1.807) is 0 Å². The molecule has 3 aromatic rings. The molecular formula is C17H17N3O. The second-order valence-corrected chi connectivity index (χ2v) is 5.20. The molecule has 1 heterocycles. The zero-order chi connectivity index (χ0) is 15.0. The highest BCUT2D eigenvalue weighted by atomic mass is 16.1. The van der Waals surface area contributed by atoms with Crippen LogP contribution < -0.4 is 11.3 Å². The Hall–Kier alpha value is -2.75. The van der Waals surface area contributed by atoms with Gasteiger partial charge in [0.25, 0.3) is 5.56 Å². The third kappa shape index (κ3) is 2.25. The van der Waals surface area contributed by atoms with Crippen LogP contribution in [0.1, 0.15) is 11.1 Å². The Morgan fingerprint density at radius 2 is 1.76 bits per heavy atom. The molecule has 4 nitrogen and oxygen atoms in total. The summed E-state index contributed by atoms with van der Waals surface area (Å²) in [5.41, 5.74) is 10.5. The first-order valence-electron chi connectivity index (χ1n) is 6.81. The van der Waals surface area contributed by atoms with Crippen molar-refractivity contribution in [1.29, 1.82) is 0 Å². The molecule has 2 aromatic carbocycles. The largest absolute Gasteiger partial charge is 0.392 e. The van der Waals surface area contributed by atoms with Crippen LogP contribution in [0.15, 0.2) is 53.3 Å². The fourth-order valence-corrected chi connectivity index (χ4v) is 2.41. The molecule has 4 heteroatoms. The highest BCUT2D eigenvalue weighted by molar-refractivity contribution is 5.72. The summed E-state index contributed by atoms with van der Waals surface area (Å²) in [6.45, 7) is 3.97. The molecule has 0 unspecified atom stereocenters. The van der Waals surface area contributed by atoms with Gasteiger partial charge in [0.1, 0.15) is 5.69 Å². The molecule has 0 amide bonds. The predicted molar refractivity (Wildman–Crippen MR) is 85.7 cm³/mol. The van der Waals surface area contributed by atoms with E-state index in [1.807, 2.05) is 62.4 Å². The molecule has 0 saturated heterocycles. The van der Waals surface area contributed by atoms with Crippen molar-refractivity contribution in [2.75, 3.05) is 5.73 Å². The second-order valence-electron chi connectivity index (χ2n) is 5.20. The lowest BCUT2D eigenvalue weighted by Gasteiger charge is -2.07. The van der Waals surface area contributed by atoms with Crippen LogP contribution in [0.5, 0.6) is 0 Å². The van der Waals surface area contributed by atoms with Gasteiger partial charge in [-0.1, -0.05) is 42.5 Å². The van der Waals surface area contributed by atoms with E-state index in [0.29, 0.717) is 5.69 Å². The van der Waals surface area contributed by atoms with Crippen molar-refractivity contribution in [1.82, 2.24) is 9.78 Å². The van der Waals surface area contributed by atoms with Crippen molar-refractivity contribution >= 4 is 5.69 Å². The number of anilines is 1. The number of nitrogen functional groups attached to an aromatic ring is 1. The molecule has 3 rings (SSSR count). The minimum Gasteiger partial charge on any atom is -0.392 e. The Labute approximate surface area is 122 Å². The van der Waals surface area contributed by atoms with Crippen molar-refractivity contribution in [2.24, 2.45) is 0 Å². The fraction of sp³-hybridized carbons (Fsp3) is 0.118. The van der Waals surface area contributed by atoms with E-state index in [1.165, 1.54) is 4.68 Å². The first-order valence-corrected chi connectivity index (χ1v) is 6.81. The maximum Gasteiger partial charge on any atom is 0.295 e. The summed E-state index contributed by atoms with van der Waals surface area (Å²) in [5, 5.41) is 3.13. The highest BCUT2D eigenvalue weighted by Gasteiger charge is 2.14. The normalized spacial score (nSPS) is 10.8. The Bertz CT molecular complexity index is 844. The molecule has 0 aliphatic carbocycles. The monoisotopic (exact) mass is 279 g/mol. The van der Waals surface area contributed by atoms with Gasteiger partial charge in [-0.25, -0.2) is 4.68 Å². The maximum absolute atomic E-state index is 12.4. The second kappa shape index (κ2) is 4.98. The van der Waals surface area contributed by atoms with Gasteiger partial charge in [0.2, 0.25) is 0 Å². The van der Waals surface area contributed by atoms with E-state index in [9.17, 15) is 4.79 Å². The molecule has 1 aromatic heterocycles. The third-order valence-electron chi connectivity index (χ3n) is 3.59. The third-order valence-corrected chi connectivity index (χ3v) is 3.59. The van der Waals surface area contributed by atoms with E-state index in [-0.39, 0.29) is 11.2 Å². The van der Waals surface area contributed by atoms with E-state index in [4.69, 9.17) is 5.73 Å². The van der Waals surface area contributed by atoms with Gasteiger partial charge in [0.15, 0.2) is 0 Å². The number of rotatable bonds is 2. The molecular weight excluding hydrogens is 262 g/mol. The molecule has 0 atom stereocenters. The highest BCUT2D eigenvalue weighted by Crippen LogP contribution is 2.23. The lowest BCUT2D eigenvalue weighted by Crippen LogP contribution is -2.17. The van der Waals surface area contributed by atoms with E-state index < -0.39 is 0 Å². The number of hydrogen-bond donors (Lipinski definition) is 2. The van der Waals surface area contributed by atoms with Gasteiger partial charge in [-0.2, -0.15) is 0 Å². The van der Waals surface area contributed by atoms with Crippen LogP contribution in [0.4, 0.5) is 5.69 Å². The van der Waals surface area contributed by atoms with Crippen LogP contribution in [-0.4, -0.2) is 9.78 Å². The van der Waals surface area contributed by atoms with Crippen molar-refractivity contribution in [2.45, 2.75) is 13.8 Å². The van der Waals surface area contributed by atoms with Crippen LogP contribution in [0.3, 0.4) is 0 Å². The average molecular weight is 279 g/mol. The predicted octanol–water partition coefficient (Wildman–Crippen LogP) is 3.03. The molecule has 106 valence electrons. The summed E-state index contributed by atoms with van der Waals surface area (Å²) in [7, 11) is 0. The van der Waals surface area contributed by atoms with Crippen LogP contribution >= 0.6 is 0 Å². The lowest BCUT2D eigenvalue weighted by molar-refractivity contribution is 0.845. The van der Waals surface area contributed by atoms with E-state index >= 15 is 0 Å². The first-order chi connectivity index (χ1) is 10.1. The Morgan fingerprint density at radius 1 is 1.05 bits per heavy atom. The number of nitrogens with one attached hydrogen (secondary N) is 1. The number of aromatic nitrogens is 2. The number of aryl methyl sites for hydroxylation is 2. The van der Waals surface area contributed by atoms with Crippen molar-refractivity contribution in [3.05, 3.63) is 70.0 Å². The van der Waals surface area contributed by atoms with Crippen LogP contribution in [0.2, 0.25) is 0 Å². The van der Waals surface area contributed by atoms with Gasteiger partial charge in [0, 0.05) is 5.56 Å². The average Bonchev–Trinajstić information content (AvgIpc) is 2.79. The minimum absolute atomic E-state index is 0.220. The summed E-state index contributed by atoms with van der Waals surface area (Å²) in [4.78, 5) is 12.4. The summed E-state index contributed by atoms with van der Waals surface area (Å²) in [5.74, 6) is 0. The van der Waals surface area contributed by atoms with Crippen LogP contribution in [0, 0.1) is 13.8 Å². The maximum atomic E-state index is 12.4. The van der Waals surface area contributed by atoms with Gasteiger partial charge in [-0.05, 0) is 31.0 Å². The Morgan fingerprint density at radius 3 is 2.48 bits per heavy atom. The summed E-state index contributed by atoms with van der Waals surface area (Å²) in [6, 6.07) is 15.6. The molecule has 0 radical (unpaired) electrons. The molecule has 0 fully saturated rings. The first kappa shape index (κ1) is 13.2. The van der Waals surface area contributed by atoms with Crippen LogP contribution in [0.25, 0.3) is 16.9 Å². The van der Waals surface area contributed by atoms with Gasteiger partial charge in [-0.15, -0.1) is 0 Å². The minimum atomic E-state index is -0.220. The topological polar surface area (TPSA) is 63.8 Å². The van der Waals surface area contributed by atoms with Crippen LogP contribution in [-0.2, 0) is 0 Å². The quantitative estimate of drug-likeness (QED) is 0.757. The zero-order valence-corrected chi connectivity index (χ0v) is 12.1. The number of H-pyrrole nitrogens is 1. The number of nitrogens with zero attached hydrogens (tertiary/aromatic N) is 1. The van der Waals surface area contributed by atoms with E-state index in [2.05, 4.69) is 5.10 Å².